The fraction of sp³-hybridized carbons (Fsp3) is 0.235. The molecule has 0 spiro atoms. The molecule has 0 N–H and O–H groups in total. The Morgan fingerprint density at radius 1 is 1.00 bits per heavy atom. The van der Waals surface area contributed by atoms with E-state index >= 15 is 0 Å². The van der Waals surface area contributed by atoms with Gasteiger partial charge >= 0.3 is 0 Å². The maximum absolute atomic E-state index is 12.3. The fourth-order valence-corrected chi connectivity index (χ4v) is 3.62. The SMILES string of the molecule is CN(C)C(=O)c1ccccc1Sc1ccc(I)cc1N(C)C. The molecule has 0 aliphatic rings. The maximum atomic E-state index is 12.3. The molecule has 2 rings (SSSR count). The number of amides is 1. The number of hydrogen-bond acceptors (Lipinski definition) is 3. The molecule has 116 valence electrons. The molecular weight excluding hydrogens is 407 g/mol. The third kappa shape index (κ3) is 3.95. The Labute approximate surface area is 149 Å². The summed E-state index contributed by atoms with van der Waals surface area (Å²) in [5.41, 5.74) is 1.89. The van der Waals surface area contributed by atoms with Crippen LogP contribution in [0.2, 0.25) is 0 Å². The van der Waals surface area contributed by atoms with Crippen LogP contribution in [-0.2, 0) is 0 Å². The average molecular weight is 426 g/mol. The highest BCUT2D eigenvalue weighted by Crippen LogP contribution is 2.37. The maximum Gasteiger partial charge on any atom is 0.254 e. The summed E-state index contributed by atoms with van der Waals surface area (Å²) in [4.78, 5) is 18.2. The monoisotopic (exact) mass is 426 g/mol. The summed E-state index contributed by atoms with van der Waals surface area (Å²) in [6.07, 6.45) is 0. The van der Waals surface area contributed by atoms with Crippen LogP contribution in [0.4, 0.5) is 5.69 Å². The lowest BCUT2D eigenvalue weighted by Gasteiger charge is -2.19. The Morgan fingerprint density at radius 3 is 2.32 bits per heavy atom. The van der Waals surface area contributed by atoms with Crippen LogP contribution >= 0.6 is 34.4 Å². The number of carbonyl (C=O) groups excluding carboxylic acids is 1. The van der Waals surface area contributed by atoms with Gasteiger partial charge in [0.1, 0.15) is 0 Å². The van der Waals surface area contributed by atoms with Crippen LogP contribution in [-0.4, -0.2) is 39.0 Å². The zero-order valence-corrected chi connectivity index (χ0v) is 16.1. The molecule has 0 saturated heterocycles. The Morgan fingerprint density at radius 2 is 1.68 bits per heavy atom. The van der Waals surface area contributed by atoms with E-state index in [2.05, 4.69) is 45.7 Å². The van der Waals surface area contributed by atoms with Crippen LogP contribution in [0, 0.1) is 3.57 Å². The lowest BCUT2D eigenvalue weighted by atomic mass is 10.2. The van der Waals surface area contributed by atoms with Crippen molar-refractivity contribution in [2.75, 3.05) is 33.1 Å². The first-order valence-electron chi connectivity index (χ1n) is 6.85. The second kappa shape index (κ2) is 7.37. The minimum absolute atomic E-state index is 0.0278. The van der Waals surface area contributed by atoms with Crippen molar-refractivity contribution in [1.82, 2.24) is 4.90 Å². The predicted molar refractivity (Wildman–Crippen MR) is 102 cm³/mol. The van der Waals surface area contributed by atoms with E-state index in [1.54, 1.807) is 30.8 Å². The van der Waals surface area contributed by atoms with Crippen LogP contribution in [0.3, 0.4) is 0 Å². The van der Waals surface area contributed by atoms with Gasteiger partial charge in [0.05, 0.1) is 11.3 Å². The highest BCUT2D eigenvalue weighted by molar-refractivity contribution is 14.1. The van der Waals surface area contributed by atoms with Crippen LogP contribution < -0.4 is 4.90 Å². The van der Waals surface area contributed by atoms with E-state index in [0.29, 0.717) is 0 Å². The van der Waals surface area contributed by atoms with Crippen LogP contribution in [0.5, 0.6) is 0 Å². The van der Waals surface area contributed by atoms with Gasteiger partial charge in [-0.2, -0.15) is 0 Å². The Hall–Kier alpha value is -1.21. The van der Waals surface area contributed by atoms with E-state index in [0.717, 1.165) is 21.0 Å². The fourth-order valence-electron chi connectivity index (χ4n) is 2.02. The normalized spacial score (nSPS) is 10.4. The average Bonchev–Trinajstić information content (AvgIpc) is 2.48. The number of carbonyl (C=O) groups is 1. The van der Waals surface area contributed by atoms with E-state index in [4.69, 9.17) is 0 Å². The molecule has 0 radical (unpaired) electrons. The first-order valence-corrected chi connectivity index (χ1v) is 8.75. The lowest BCUT2D eigenvalue weighted by Crippen LogP contribution is -2.22. The smallest absolute Gasteiger partial charge is 0.254 e. The van der Waals surface area contributed by atoms with Gasteiger partial charge in [-0.05, 0) is 52.9 Å². The van der Waals surface area contributed by atoms with Gasteiger partial charge < -0.3 is 9.80 Å². The Balaban J connectivity index is 2.42. The zero-order valence-electron chi connectivity index (χ0n) is 13.1. The third-order valence-corrected chi connectivity index (χ3v) is 4.96. The van der Waals surface area contributed by atoms with E-state index in [1.807, 2.05) is 38.4 Å². The van der Waals surface area contributed by atoms with Gasteiger partial charge in [-0.1, -0.05) is 23.9 Å². The molecule has 0 aliphatic heterocycles. The van der Waals surface area contributed by atoms with Crippen molar-refractivity contribution in [2.45, 2.75) is 9.79 Å². The molecule has 2 aromatic carbocycles. The van der Waals surface area contributed by atoms with Gasteiger partial charge in [-0.15, -0.1) is 0 Å². The number of benzene rings is 2. The number of nitrogens with zero attached hydrogens (tertiary/aromatic N) is 2. The van der Waals surface area contributed by atoms with Crippen molar-refractivity contribution in [3.8, 4) is 0 Å². The number of hydrogen-bond donors (Lipinski definition) is 0. The summed E-state index contributed by atoms with van der Waals surface area (Å²) in [6.45, 7) is 0. The second-order valence-corrected chi connectivity index (χ2v) is 7.63. The zero-order chi connectivity index (χ0) is 16.3. The molecule has 0 fully saturated rings. The highest BCUT2D eigenvalue weighted by Gasteiger charge is 2.15. The molecule has 5 heteroatoms. The molecule has 0 saturated carbocycles. The third-order valence-electron chi connectivity index (χ3n) is 3.15. The van der Waals surface area contributed by atoms with Gasteiger partial charge in [0.2, 0.25) is 0 Å². The molecule has 0 aromatic heterocycles. The van der Waals surface area contributed by atoms with E-state index in [9.17, 15) is 4.79 Å². The summed E-state index contributed by atoms with van der Waals surface area (Å²) in [6, 6.07) is 14.1. The standard InChI is InChI=1S/C17H19IN2OS/c1-19(2)14-11-12(18)9-10-16(14)22-15-8-6-5-7-13(15)17(21)20(3)4/h5-11H,1-4H3. The Kier molecular flexibility index (Phi) is 5.74. The molecule has 0 atom stereocenters. The van der Waals surface area contributed by atoms with Crippen molar-refractivity contribution in [3.05, 3.63) is 51.6 Å². The molecule has 0 heterocycles. The van der Waals surface area contributed by atoms with Gasteiger partial charge in [0.25, 0.3) is 5.91 Å². The van der Waals surface area contributed by atoms with E-state index in [-0.39, 0.29) is 5.91 Å². The quantitative estimate of drug-likeness (QED) is 0.685. The molecule has 3 nitrogen and oxygen atoms in total. The first-order chi connectivity index (χ1) is 10.4. The lowest BCUT2D eigenvalue weighted by molar-refractivity contribution is 0.0824. The first kappa shape index (κ1) is 17.1. The van der Waals surface area contributed by atoms with Crippen LogP contribution in [0.1, 0.15) is 10.4 Å². The van der Waals surface area contributed by atoms with Crippen molar-refractivity contribution in [2.24, 2.45) is 0 Å². The Bertz CT molecular complexity index is 686. The van der Waals surface area contributed by atoms with Gasteiger partial charge in [-0.3, -0.25) is 4.79 Å². The molecule has 2 aromatic rings. The van der Waals surface area contributed by atoms with Crippen molar-refractivity contribution in [1.29, 1.82) is 0 Å². The number of halogens is 1. The minimum Gasteiger partial charge on any atom is -0.377 e. The molecule has 0 aliphatic carbocycles. The molecule has 0 unspecified atom stereocenters. The minimum atomic E-state index is 0.0278. The largest absolute Gasteiger partial charge is 0.377 e. The number of rotatable bonds is 4. The summed E-state index contributed by atoms with van der Waals surface area (Å²) < 4.78 is 1.20. The van der Waals surface area contributed by atoms with Crippen molar-refractivity contribution in [3.63, 3.8) is 0 Å². The van der Waals surface area contributed by atoms with Gasteiger partial charge in [0.15, 0.2) is 0 Å². The summed E-state index contributed by atoms with van der Waals surface area (Å²) in [5, 5.41) is 0. The van der Waals surface area contributed by atoms with E-state index < -0.39 is 0 Å². The van der Waals surface area contributed by atoms with Crippen molar-refractivity contribution < 1.29 is 4.79 Å². The predicted octanol–water partition coefficient (Wildman–Crippen LogP) is 4.21. The van der Waals surface area contributed by atoms with Crippen LogP contribution in [0.25, 0.3) is 0 Å². The highest BCUT2D eigenvalue weighted by atomic mass is 127. The second-order valence-electron chi connectivity index (χ2n) is 5.30. The number of anilines is 1. The molecule has 22 heavy (non-hydrogen) atoms. The summed E-state index contributed by atoms with van der Waals surface area (Å²) >= 11 is 3.95. The summed E-state index contributed by atoms with van der Waals surface area (Å²) in [7, 11) is 7.62. The van der Waals surface area contributed by atoms with Gasteiger partial charge in [0, 0.05) is 41.6 Å². The van der Waals surface area contributed by atoms with Gasteiger partial charge in [-0.25, -0.2) is 0 Å². The molecule has 1 amide bonds. The molecule has 0 bridgehead atoms. The summed E-state index contributed by atoms with van der Waals surface area (Å²) in [5.74, 6) is 0.0278. The van der Waals surface area contributed by atoms with Crippen molar-refractivity contribution >= 4 is 45.9 Å². The van der Waals surface area contributed by atoms with E-state index in [1.165, 1.54) is 3.57 Å². The van der Waals surface area contributed by atoms with Crippen LogP contribution in [0.15, 0.2) is 52.3 Å². The molecular formula is C17H19IN2OS. The topological polar surface area (TPSA) is 23.6 Å².